The predicted molar refractivity (Wildman–Crippen MR) is 54.2 cm³/mol. The van der Waals surface area contributed by atoms with Gasteiger partial charge in [0.2, 0.25) is 0 Å². The normalized spacial score (nSPS) is 19.8. The second-order valence-corrected chi connectivity index (χ2v) is 3.70. The third-order valence-corrected chi connectivity index (χ3v) is 2.58. The Bertz CT molecular complexity index is 191. The first-order valence-corrected chi connectivity index (χ1v) is 4.71. The molecule has 1 heteroatoms. The van der Waals surface area contributed by atoms with Gasteiger partial charge >= 0.3 is 0 Å². The zero-order chi connectivity index (χ0) is 8.97. The van der Waals surface area contributed by atoms with Gasteiger partial charge in [0.25, 0.3) is 0 Å². The van der Waals surface area contributed by atoms with Crippen LogP contribution in [-0.2, 0) is 0 Å². The lowest BCUT2D eigenvalue weighted by atomic mass is 9.98. The Kier molecular flexibility index (Phi) is 3.54. The van der Waals surface area contributed by atoms with E-state index in [1.165, 1.54) is 25.9 Å². The van der Waals surface area contributed by atoms with Crippen molar-refractivity contribution < 1.29 is 0 Å². The van der Waals surface area contributed by atoms with E-state index < -0.39 is 0 Å². The van der Waals surface area contributed by atoms with Crippen LogP contribution in [-0.4, -0.2) is 25.0 Å². The van der Waals surface area contributed by atoms with Gasteiger partial charge in [-0.25, -0.2) is 0 Å². The minimum Gasteiger partial charge on any atom is -0.302 e. The lowest BCUT2D eigenvalue weighted by Crippen LogP contribution is -2.27. The second-order valence-electron chi connectivity index (χ2n) is 3.70. The van der Waals surface area contributed by atoms with Gasteiger partial charge < -0.3 is 4.90 Å². The first kappa shape index (κ1) is 9.53. The van der Waals surface area contributed by atoms with Crippen LogP contribution in [0.4, 0.5) is 0 Å². The summed E-state index contributed by atoms with van der Waals surface area (Å²) in [6.07, 6.45) is 5.60. The van der Waals surface area contributed by atoms with Gasteiger partial charge in [0, 0.05) is 13.1 Å². The molecular formula is C11H19N. The first-order valence-electron chi connectivity index (χ1n) is 4.71. The molecule has 0 atom stereocenters. The maximum Gasteiger partial charge on any atom is 0.0192 e. The Morgan fingerprint density at radius 2 is 2.33 bits per heavy atom. The molecule has 1 heterocycles. The SMILES string of the molecule is C=CCCC1=C(C)CCN(C)C1. The van der Waals surface area contributed by atoms with E-state index >= 15 is 0 Å². The molecule has 0 aromatic rings. The Balaban J connectivity index is 2.52. The number of likely N-dealkylation sites (N-methyl/N-ethyl adjacent to an activating group) is 1. The van der Waals surface area contributed by atoms with Gasteiger partial charge in [-0.15, -0.1) is 6.58 Å². The van der Waals surface area contributed by atoms with Crippen LogP contribution in [0.25, 0.3) is 0 Å². The molecule has 0 radical (unpaired) electrons. The number of nitrogens with zero attached hydrogens (tertiary/aromatic N) is 1. The molecule has 68 valence electrons. The fourth-order valence-electron chi connectivity index (χ4n) is 1.64. The van der Waals surface area contributed by atoms with Crippen molar-refractivity contribution in [1.29, 1.82) is 0 Å². The number of hydrogen-bond acceptors (Lipinski definition) is 1. The maximum atomic E-state index is 3.75. The molecule has 0 saturated carbocycles. The van der Waals surface area contributed by atoms with Crippen LogP contribution in [0.3, 0.4) is 0 Å². The molecule has 12 heavy (non-hydrogen) atoms. The maximum absolute atomic E-state index is 3.75. The van der Waals surface area contributed by atoms with Gasteiger partial charge in [0.15, 0.2) is 0 Å². The molecule has 0 fully saturated rings. The van der Waals surface area contributed by atoms with Crippen molar-refractivity contribution in [3.05, 3.63) is 23.8 Å². The van der Waals surface area contributed by atoms with Crippen LogP contribution in [0.1, 0.15) is 26.2 Å². The summed E-state index contributed by atoms with van der Waals surface area (Å²) in [5, 5.41) is 0. The average Bonchev–Trinajstić information content (AvgIpc) is 2.07. The Hall–Kier alpha value is -0.560. The largest absolute Gasteiger partial charge is 0.302 e. The summed E-state index contributed by atoms with van der Waals surface area (Å²) in [7, 11) is 2.19. The predicted octanol–water partition coefficient (Wildman–Crippen LogP) is 2.60. The fourth-order valence-corrected chi connectivity index (χ4v) is 1.64. The summed E-state index contributed by atoms with van der Waals surface area (Å²) in [5.74, 6) is 0. The lowest BCUT2D eigenvalue weighted by Gasteiger charge is -2.26. The minimum atomic E-state index is 1.13. The number of allylic oxidation sites excluding steroid dienone is 1. The molecule has 0 bridgehead atoms. The van der Waals surface area contributed by atoms with Crippen molar-refractivity contribution in [1.82, 2.24) is 4.90 Å². The summed E-state index contributed by atoms with van der Waals surface area (Å²) in [4.78, 5) is 2.39. The van der Waals surface area contributed by atoms with Crippen molar-refractivity contribution >= 4 is 0 Å². The molecule has 1 aliphatic heterocycles. The van der Waals surface area contributed by atoms with Gasteiger partial charge in [0.1, 0.15) is 0 Å². The van der Waals surface area contributed by atoms with Gasteiger partial charge in [-0.05, 0) is 33.2 Å². The molecule has 0 unspecified atom stereocenters. The zero-order valence-corrected chi connectivity index (χ0v) is 8.27. The summed E-state index contributed by atoms with van der Waals surface area (Å²) in [6, 6.07) is 0. The highest BCUT2D eigenvalue weighted by Gasteiger charge is 2.11. The standard InChI is InChI=1S/C11H19N/c1-4-5-6-11-9-12(3)8-7-10(11)2/h4H,1,5-9H2,2-3H3. The molecule has 0 spiro atoms. The molecule has 0 N–H and O–H groups in total. The Labute approximate surface area is 75.8 Å². The molecule has 0 amide bonds. The Morgan fingerprint density at radius 1 is 1.58 bits per heavy atom. The Morgan fingerprint density at radius 3 is 3.00 bits per heavy atom. The summed E-state index contributed by atoms with van der Waals surface area (Å²) < 4.78 is 0. The van der Waals surface area contributed by atoms with Crippen molar-refractivity contribution in [2.24, 2.45) is 0 Å². The molecule has 1 nitrogen and oxygen atoms in total. The third kappa shape index (κ3) is 2.49. The molecule has 1 rings (SSSR count). The highest BCUT2D eigenvalue weighted by Crippen LogP contribution is 2.20. The number of rotatable bonds is 3. The highest BCUT2D eigenvalue weighted by molar-refractivity contribution is 5.17. The van der Waals surface area contributed by atoms with Crippen LogP contribution in [0.5, 0.6) is 0 Å². The fraction of sp³-hybridized carbons (Fsp3) is 0.636. The molecule has 1 aliphatic rings. The van der Waals surface area contributed by atoms with E-state index in [1.807, 2.05) is 6.08 Å². The van der Waals surface area contributed by atoms with Gasteiger partial charge in [-0.1, -0.05) is 17.2 Å². The van der Waals surface area contributed by atoms with Gasteiger partial charge in [-0.3, -0.25) is 0 Å². The van der Waals surface area contributed by atoms with Crippen molar-refractivity contribution in [2.75, 3.05) is 20.1 Å². The summed E-state index contributed by atoms with van der Waals surface area (Å²) in [5.41, 5.74) is 3.23. The van der Waals surface area contributed by atoms with E-state index in [0.717, 1.165) is 6.42 Å². The van der Waals surface area contributed by atoms with Crippen molar-refractivity contribution in [3.63, 3.8) is 0 Å². The van der Waals surface area contributed by atoms with Crippen LogP contribution in [0.2, 0.25) is 0 Å². The first-order chi connectivity index (χ1) is 5.74. The van der Waals surface area contributed by atoms with E-state index in [2.05, 4.69) is 25.5 Å². The zero-order valence-electron chi connectivity index (χ0n) is 8.27. The average molecular weight is 165 g/mol. The summed E-state index contributed by atoms with van der Waals surface area (Å²) in [6.45, 7) is 8.41. The third-order valence-electron chi connectivity index (χ3n) is 2.58. The minimum absolute atomic E-state index is 1.13. The van der Waals surface area contributed by atoms with Crippen molar-refractivity contribution in [2.45, 2.75) is 26.2 Å². The molecular weight excluding hydrogens is 146 g/mol. The van der Waals surface area contributed by atoms with E-state index in [-0.39, 0.29) is 0 Å². The topological polar surface area (TPSA) is 3.24 Å². The van der Waals surface area contributed by atoms with Crippen molar-refractivity contribution in [3.8, 4) is 0 Å². The van der Waals surface area contributed by atoms with Crippen LogP contribution < -0.4 is 0 Å². The monoisotopic (exact) mass is 165 g/mol. The number of hydrogen-bond donors (Lipinski definition) is 0. The highest BCUT2D eigenvalue weighted by atomic mass is 15.1. The van der Waals surface area contributed by atoms with Gasteiger partial charge in [-0.2, -0.15) is 0 Å². The van der Waals surface area contributed by atoms with Crippen LogP contribution >= 0.6 is 0 Å². The summed E-state index contributed by atoms with van der Waals surface area (Å²) >= 11 is 0. The van der Waals surface area contributed by atoms with Crippen LogP contribution in [0.15, 0.2) is 23.8 Å². The van der Waals surface area contributed by atoms with E-state index in [0.29, 0.717) is 0 Å². The van der Waals surface area contributed by atoms with E-state index in [1.54, 1.807) is 11.1 Å². The second kappa shape index (κ2) is 4.46. The molecule has 0 saturated heterocycles. The smallest absolute Gasteiger partial charge is 0.0192 e. The molecule has 0 aromatic heterocycles. The van der Waals surface area contributed by atoms with Crippen LogP contribution in [0, 0.1) is 0 Å². The van der Waals surface area contributed by atoms with E-state index in [9.17, 15) is 0 Å². The quantitative estimate of drug-likeness (QED) is 0.581. The molecule has 0 aliphatic carbocycles. The van der Waals surface area contributed by atoms with Gasteiger partial charge in [0.05, 0.1) is 0 Å². The lowest BCUT2D eigenvalue weighted by molar-refractivity contribution is 0.343. The molecule has 0 aromatic carbocycles. The van der Waals surface area contributed by atoms with E-state index in [4.69, 9.17) is 0 Å².